The summed E-state index contributed by atoms with van der Waals surface area (Å²) in [5.41, 5.74) is 4.11. The molecule has 0 aliphatic rings. The standard InChI is InChI=1S/C10H22N2O3S/c1-6-7-16(14,15)12-8(13)9(2,3)10(4,5)11/h6-7,11H2,1-5H3,(H,12,13). The highest BCUT2D eigenvalue weighted by molar-refractivity contribution is 7.90. The fraction of sp³-hybridized carbons (Fsp3) is 0.900. The van der Waals surface area contributed by atoms with Gasteiger partial charge in [-0.25, -0.2) is 8.42 Å². The van der Waals surface area contributed by atoms with Crippen molar-refractivity contribution in [3.8, 4) is 0 Å². The molecule has 0 saturated heterocycles. The van der Waals surface area contributed by atoms with Crippen molar-refractivity contribution in [2.24, 2.45) is 11.1 Å². The normalized spacial score (nSPS) is 13.6. The van der Waals surface area contributed by atoms with Gasteiger partial charge in [0.1, 0.15) is 0 Å². The van der Waals surface area contributed by atoms with Crippen molar-refractivity contribution in [3.63, 3.8) is 0 Å². The van der Waals surface area contributed by atoms with Crippen molar-refractivity contribution >= 4 is 15.9 Å². The first kappa shape index (κ1) is 15.4. The van der Waals surface area contributed by atoms with Gasteiger partial charge in [0.25, 0.3) is 0 Å². The molecule has 6 heteroatoms. The highest BCUT2D eigenvalue weighted by atomic mass is 32.2. The van der Waals surface area contributed by atoms with E-state index in [1.54, 1.807) is 34.6 Å². The van der Waals surface area contributed by atoms with E-state index in [1.807, 2.05) is 0 Å². The minimum Gasteiger partial charge on any atom is -0.325 e. The van der Waals surface area contributed by atoms with Gasteiger partial charge < -0.3 is 5.73 Å². The Balaban J connectivity index is 4.86. The number of hydrogen-bond acceptors (Lipinski definition) is 4. The quantitative estimate of drug-likeness (QED) is 0.748. The van der Waals surface area contributed by atoms with Crippen LogP contribution in [0.25, 0.3) is 0 Å². The zero-order valence-corrected chi connectivity index (χ0v) is 11.4. The number of carbonyl (C=O) groups excluding carboxylic acids is 1. The van der Waals surface area contributed by atoms with Crippen LogP contribution in [0.15, 0.2) is 0 Å². The van der Waals surface area contributed by atoms with E-state index in [4.69, 9.17) is 5.73 Å². The zero-order valence-electron chi connectivity index (χ0n) is 10.6. The van der Waals surface area contributed by atoms with E-state index >= 15 is 0 Å². The van der Waals surface area contributed by atoms with Crippen LogP contribution < -0.4 is 10.5 Å². The molecule has 0 aromatic heterocycles. The maximum absolute atomic E-state index is 11.8. The van der Waals surface area contributed by atoms with Gasteiger partial charge in [0.2, 0.25) is 15.9 Å². The van der Waals surface area contributed by atoms with Gasteiger partial charge in [0, 0.05) is 5.54 Å². The van der Waals surface area contributed by atoms with Crippen LogP contribution in [0.5, 0.6) is 0 Å². The molecule has 0 radical (unpaired) electrons. The predicted molar refractivity (Wildman–Crippen MR) is 64.3 cm³/mol. The van der Waals surface area contributed by atoms with Crippen LogP contribution in [0, 0.1) is 5.41 Å². The SMILES string of the molecule is CCCS(=O)(=O)NC(=O)C(C)(C)C(C)(C)N. The summed E-state index contributed by atoms with van der Waals surface area (Å²) in [6.07, 6.45) is 0.467. The second-order valence-electron chi connectivity index (χ2n) is 5.10. The molecule has 16 heavy (non-hydrogen) atoms. The van der Waals surface area contributed by atoms with Crippen LogP contribution in [0.4, 0.5) is 0 Å². The number of amides is 1. The van der Waals surface area contributed by atoms with Crippen molar-refractivity contribution < 1.29 is 13.2 Å². The van der Waals surface area contributed by atoms with E-state index in [9.17, 15) is 13.2 Å². The Bertz CT molecular complexity index is 353. The van der Waals surface area contributed by atoms with Crippen molar-refractivity contribution in [1.82, 2.24) is 4.72 Å². The van der Waals surface area contributed by atoms with Gasteiger partial charge in [-0.1, -0.05) is 6.92 Å². The summed E-state index contributed by atoms with van der Waals surface area (Å²) in [4.78, 5) is 11.8. The molecule has 0 aliphatic carbocycles. The van der Waals surface area contributed by atoms with Gasteiger partial charge in [-0.2, -0.15) is 0 Å². The summed E-state index contributed by atoms with van der Waals surface area (Å²) in [7, 11) is -3.53. The molecule has 0 heterocycles. The fourth-order valence-corrected chi connectivity index (χ4v) is 2.06. The van der Waals surface area contributed by atoms with Crippen molar-refractivity contribution in [2.45, 2.75) is 46.6 Å². The third kappa shape index (κ3) is 3.75. The van der Waals surface area contributed by atoms with Crippen molar-refractivity contribution in [2.75, 3.05) is 5.75 Å². The van der Waals surface area contributed by atoms with Crippen LogP contribution in [0.1, 0.15) is 41.0 Å². The highest BCUT2D eigenvalue weighted by Crippen LogP contribution is 2.28. The Kier molecular flexibility index (Phi) is 4.53. The number of rotatable bonds is 5. The van der Waals surface area contributed by atoms with E-state index in [-0.39, 0.29) is 5.75 Å². The number of hydrogen-bond donors (Lipinski definition) is 2. The molecule has 0 fully saturated rings. The van der Waals surface area contributed by atoms with Crippen molar-refractivity contribution in [3.05, 3.63) is 0 Å². The molecule has 0 spiro atoms. The smallest absolute Gasteiger partial charge is 0.240 e. The molecule has 0 unspecified atom stereocenters. The zero-order chi connectivity index (χ0) is 13.2. The first-order valence-electron chi connectivity index (χ1n) is 5.28. The molecular formula is C10H22N2O3S. The summed E-state index contributed by atoms with van der Waals surface area (Å²) in [5.74, 6) is -0.617. The molecule has 1 amide bonds. The molecule has 3 N–H and O–H groups in total. The highest BCUT2D eigenvalue weighted by Gasteiger charge is 2.41. The third-order valence-electron chi connectivity index (χ3n) is 2.90. The van der Waals surface area contributed by atoms with E-state index in [2.05, 4.69) is 4.72 Å². The Morgan fingerprint density at radius 1 is 1.25 bits per heavy atom. The van der Waals surface area contributed by atoms with Gasteiger partial charge in [-0.15, -0.1) is 0 Å². The Labute approximate surface area is 97.8 Å². The number of sulfonamides is 1. The molecule has 0 rings (SSSR count). The van der Waals surface area contributed by atoms with Crippen LogP contribution in [0.3, 0.4) is 0 Å². The molecule has 96 valence electrons. The Morgan fingerprint density at radius 3 is 2.00 bits per heavy atom. The third-order valence-corrected chi connectivity index (χ3v) is 4.34. The number of carbonyl (C=O) groups is 1. The molecule has 0 aromatic carbocycles. The maximum atomic E-state index is 11.8. The minimum absolute atomic E-state index is 0.0557. The van der Waals surface area contributed by atoms with Crippen LogP contribution in [-0.2, 0) is 14.8 Å². The summed E-state index contributed by atoms with van der Waals surface area (Å²) < 4.78 is 24.9. The molecule has 0 aromatic rings. The van der Waals surface area contributed by atoms with Gasteiger partial charge >= 0.3 is 0 Å². The lowest BCUT2D eigenvalue weighted by Gasteiger charge is -2.36. The minimum atomic E-state index is -3.53. The molecule has 0 saturated carbocycles. The maximum Gasteiger partial charge on any atom is 0.240 e. The summed E-state index contributed by atoms with van der Waals surface area (Å²) in [5, 5.41) is 0. The fourth-order valence-electron chi connectivity index (χ4n) is 0.881. The molecule has 5 nitrogen and oxygen atoms in total. The molecule has 0 bridgehead atoms. The Morgan fingerprint density at radius 2 is 1.69 bits per heavy atom. The lowest BCUT2D eigenvalue weighted by atomic mass is 9.75. The summed E-state index contributed by atoms with van der Waals surface area (Å²) in [6, 6.07) is 0. The number of nitrogens with two attached hydrogens (primary N) is 1. The first-order valence-corrected chi connectivity index (χ1v) is 6.93. The molecular weight excluding hydrogens is 228 g/mol. The van der Waals surface area contributed by atoms with Gasteiger partial charge in [-0.05, 0) is 34.1 Å². The van der Waals surface area contributed by atoms with Crippen LogP contribution in [0.2, 0.25) is 0 Å². The average molecular weight is 250 g/mol. The second-order valence-corrected chi connectivity index (χ2v) is 6.94. The monoisotopic (exact) mass is 250 g/mol. The van der Waals surface area contributed by atoms with Crippen LogP contribution >= 0.6 is 0 Å². The van der Waals surface area contributed by atoms with E-state index in [0.29, 0.717) is 6.42 Å². The van der Waals surface area contributed by atoms with E-state index < -0.39 is 26.9 Å². The van der Waals surface area contributed by atoms with Gasteiger partial charge in [0.05, 0.1) is 11.2 Å². The Hall–Kier alpha value is -0.620. The van der Waals surface area contributed by atoms with Crippen LogP contribution in [-0.4, -0.2) is 25.6 Å². The lowest BCUT2D eigenvalue weighted by Crippen LogP contribution is -2.56. The lowest BCUT2D eigenvalue weighted by molar-refractivity contribution is -0.130. The van der Waals surface area contributed by atoms with Gasteiger partial charge in [-0.3, -0.25) is 9.52 Å². The summed E-state index contributed by atoms with van der Waals surface area (Å²) in [6.45, 7) is 8.38. The van der Waals surface area contributed by atoms with E-state index in [1.165, 1.54) is 0 Å². The molecule has 0 aliphatic heterocycles. The first-order chi connectivity index (χ1) is 6.94. The topological polar surface area (TPSA) is 89.3 Å². The average Bonchev–Trinajstić information content (AvgIpc) is 2.00. The predicted octanol–water partition coefficient (Wildman–Crippen LogP) is 0.606. The second kappa shape index (κ2) is 4.71. The summed E-state index contributed by atoms with van der Waals surface area (Å²) >= 11 is 0. The van der Waals surface area contributed by atoms with E-state index in [0.717, 1.165) is 0 Å². The molecule has 0 atom stereocenters. The van der Waals surface area contributed by atoms with Crippen molar-refractivity contribution in [1.29, 1.82) is 0 Å². The number of nitrogens with one attached hydrogen (secondary N) is 1. The van der Waals surface area contributed by atoms with Gasteiger partial charge in [0.15, 0.2) is 0 Å². The largest absolute Gasteiger partial charge is 0.325 e.